The SMILES string of the molecule is O=C(CNC(=O)c1ccc(Br)s1)Nc1ccc(-c2n[nH]c(C3CC3)n2)cc1. The molecule has 0 bridgehead atoms. The Hall–Kier alpha value is -2.52. The van der Waals surface area contributed by atoms with Crippen molar-refractivity contribution >= 4 is 44.8 Å². The van der Waals surface area contributed by atoms with Crippen LogP contribution in [-0.2, 0) is 4.79 Å². The van der Waals surface area contributed by atoms with Crippen molar-refractivity contribution in [3.8, 4) is 11.4 Å². The quantitative estimate of drug-likeness (QED) is 0.539. The summed E-state index contributed by atoms with van der Waals surface area (Å²) in [6, 6.07) is 10.8. The summed E-state index contributed by atoms with van der Waals surface area (Å²) in [5, 5.41) is 12.6. The van der Waals surface area contributed by atoms with E-state index in [0.717, 1.165) is 15.2 Å². The molecule has 7 nitrogen and oxygen atoms in total. The fourth-order valence-electron chi connectivity index (χ4n) is 2.53. The molecular formula is C18H16BrN5O2S. The number of carbonyl (C=O) groups excluding carboxylic acids is 2. The molecule has 138 valence electrons. The normalized spacial score (nSPS) is 13.4. The van der Waals surface area contributed by atoms with E-state index in [2.05, 4.69) is 41.7 Å². The Kier molecular flexibility index (Phi) is 5.04. The van der Waals surface area contributed by atoms with Gasteiger partial charge >= 0.3 is 0 Å². The molecule has 1 aliphatic carbocycles. The average Bonchev–Trinajstić information content (AvgIpc) is 3.23. The summed E-state index contributed by atoms with van der Waals surface area (Å²) in [7, 11) is 0. The van der Waals surface area contributed by atoms with Gasteiger partial charge in [0.2, 0.25) is 5.91 Å². The number of nitrogens with zero attached hydrogens (tertiary/aromatic N) is 2. The molecule has 27 heavy (non-hydrogen) atoms. The highest BCUT2D eigenvalue weighted by molar-refractivity contribution is 9.11. The van der Waals surface area contributed by atoms with Crippen LogP contribution in [-0.4, -0.2) is 33.5 Å². The van der Waals surface area contributed by atoms with E-state index in [9.17, 15) is 9.59 Å². The molecule has 0 unspecified atom stereocenters. The van der Waals surface area contributed by atoms with Crippen LogP contribution in [0.5, 0.6) is 0 Å². The van der Waals surface area contributed by atoms with Gasteiger partial charge in [0.25, 0.3) is 5.91 Å². The summed E-state index contributed by atoms with van der Waals surface area (Å²) in [5.41, 5.74) is 1.53. The number of aromatic amines is 1. The van der Waals surface area contributed by atoms with Crippen molar-refractivity contribution in [2.45, 2.75) is 18.8 Å². The van der Waals surface area contributed by atoms with E-state index in [4.69, 9.17) is 0 Å². The van der Waals surface area contributed by atoms with Gasteiger partial charge in [-0.25, -0.2) is 4.98 Å². The Morgan fingerprint density at radius 3 is 2.63 bits per heavy atom. The molecule has 2 amide bonds. The molecule has 9 heteroatoms. The predicted molar refractivity (Wildman–Crippen MR) is 107 cm³/mol. The number of hydrogen-bond donors (Lipinski definition) is 3. The smallest absolute Gasteiger partial charge is 0.261 e. The van der Waals surface area contributed by atoms with E-state index in [1.165, 1.54) is 24.2 Å². The molecule has 0 saturated heterocycles. The summed E-state index contributed by atoms with van der Waals surface area (Å²) >= 11 is 4.62. The van der Waals surface area contributed by atoms with Crippen LogP contribution in [0.4, 0.5) is 5.69 Å². The monoisotopic (exact) mass is 445 g/mol. The number of H-pyrrole nitrogens is 1. The van der Waals surface area contributed by atoms with Gasteiger partial charge in [-0.2, -0.15) is 5.10 Å². The van der Waals surface area contributed by atoms with E-state index < -0.39 is 0 Å². The molecule has 0 spiro atoms. The summed E-state index contributed by atoms with van der Waals surface area (Å²) < 4.78 is 0.868. The van der Waals surface area contributed by atoms with Crippen molar-refractivity contribution in [1.82, 2.24) is 20.5 Å². The second-order valence-corrected chi connectivity index (χ2v) is 8.69. The lowest BCUT2D eigenvalue weighted by molar-refractivity contribution is -0.115. The Bertz CT molecular complexity index is 978. The van der Waals surface area contributed by atoms with Gasteiger partial charge in [0.15, 0.2) is 5.82 Å². The second kappa shape index (κ2) is 7.61. The molecule has 2 aromatic heterocycles. The van der Waals surface area contributed by atoms with Crippen LogP contribution in [0, 0.1) is 0 Å². The van der Waals surface area contributed by atoms with Crippen molar-refractivity contribution in [3.63, 3.8) is 0 Å². The van der Waals surface area contributed by atoms with E-state index in [1.54, 1.807) is 24.3 Å². The molecule has 0 atom stereocenters. The number of aromatic nitrogens is 3. The second-order valence-electron chi connectivity index (χ2n) is 6.23. The zero-order chi connectivity index (χ0) is 18.8. The van der Waals surface area contributed by atoms with Gasteiger partial charge in [-0.3, -0.25) is 14.7 Å². The molecule has 1 aliphatic rings. The van der Waals surface area contributed by atoms with Crippen LogP contribution in [0.3, 0.4) is 0 Å². The highest BCUT2D eigenvalue weighted by Crippen LogP contribution is 2.38. The van der Waals surface area contributed by atoms with Crippen molar-refractivity contribution in [2.24, 2.45) is 0 Å². The number of rotatable bonds is 6. The minimum absolute atomic E-state index is 0.0955. The summed E-state index contributed by atoms with van der Waals surface area (Å²) in [6.45, 7) is -0.0955. The van der Waals surface area contributed by atoms with Crippen LogP contribution in [0.15, 0.2) is 40.2 Å². The molecular weight excluding hydrogens is 430 g/mol. The zero-order valence-corrected chi connectivity index (χ0v) is 16.6. The standard InChI is InChI=1S/C18H16BrN5O2S/c19-14-8-7-13(27-14)18(26)20-9-15(25)21-12-5-3-11(4-6-12)17-22-16(23-24-17)10-1-2-10/h3-8,10H,1-2,9H2,(H,20,26)(H,21,25)(H,22,23,24). The van der Waals surface area contributed by atoms with Gasteiger partial charge in [-0.05, 0) is 65.2 Å². The molecule has 3 aromatic rings. The average molecular weight is 446 g/mol. The van der Waals surface area contributed by atoms with Crippen LogP contribution in [0.2, 0.25) is 0 Å². The number of halogens is 1. The van der Waals surface area contributed by atoms with E-state index >= 15 is 0 Å². The fourth-order valence-corrected chi connectivity index (χ4v) is 3.84. The summed E-state index contributed by atoms with van der Waals surface area (Å²) in [5.74, 6) is 1.56. The van der Waals surface area contributed by atoms with E-state index in [-0.39, 0.29) is 18.4 Å². The number of benzene rings is 1. The third kappa shape index (κ3) is 4.42. The molecule has 0 radical (unpaired) electrons. The highest BCUT2D eigenvalue weighted by atomic mass is 79.9. The molecule has 3 N–H and O–H groups in total. The van der Waals surface area contributed by atoms with Gasteiger partial charge in [0.1, 0.15) is 5.82 Å². The van der Waals surface area contributed by atoms with Crippen LogP contribution in [0.1, 0.15) is 34.3 Å². The number of carbonyl (C=O) groups is 2. The third-order valence-corrected chi connectivity index (χ3v) is 5.72. The summed E-state index contributed by atoms with van der Waals surface area (Å²) in [4.78, 5) is 29.0. The lowest BCUT2D eigenvalue weighted by Gasteiger charge is -2.06. The van der Waals surface area contributed by atoms with Crippen molar-refractivity contribution in [3.05, 3.63) is 50.9 Å². The Labute approximate surface area is 167 Å². The van der Waals surface area contributed by atoms with Gasteiger partial charge in [0.05, 0.1) is 15.2 Å². The van der Waals surface area contributed by atoms with Crippen molar-refractivity contribution in [2.75, 3.05) is 11.9 Å². The third-order valence-electron chi connectivity index (χ3n) is 4.10. The molecule has 1 fully saturated rings. The Morgan fingerprint density at radius 2 is 1.96 bits per heavy atom. The number of amides is 2. The first kappa shape index (κ1) is 17.9. The first-order valence-electron chi connectivity index (χ1n) is 8.44. The van der Waals surface area contributed by atoms with E-state index in [0.29, 0.717) is 22.3 Å². The maximum atomic E-state index is 12.0. The Morgan fingerprint density at radius 1 is 1.19 bits per heavy atom. The van der Waals surface area contributed by atoms with Gasteiger partial charge in [0, 0.05) is 17.2 Å². The molecule has 1 aromatic carbocycles. The number of hydrogen-bond acceptors (Lipinski definition) is 5. The number of thiophene rings is 1. The van der Waals surface area contributed by atoms with E-state index in [1.807, 2.05) is 12.1 Å². The zero-order valence-electron chi connectivity index (χ0n) is 14.2. The van der Waals surface area contributed by atoms with Crippen molar-refractivity contribution < 1.29 is 9.59 Å². The summed E-state index contributed by atoms with van der Waals surface area (Å²) in [6.07, 6.45) is 2.33. The van der Waals surface area contributed by atoms with Gasteiger partial charge in [-0.1, -0.05) is 0 Å². The molecule has 0 aliphatic heterocycles. The molecule has 1 saturated carbocycles. The van der Waals surface area contributed by atoms with Crippen molar-refractivity contribution in [1.29, 1.82) is 0 Å². The molecule has 2 heterocycles. The largest absolute Gasteiger partial charge is 0.342 e. The maximum Gasteiger partial charge on any atom is 0.261 e. The number of anilines is 1. The predicted octanol–water partition coefficient (Wildman–Crippen LogP) is 3.54. The lowest BCUT2D eigenvalue weighted by atomic mass is 10.2. The highest BCUT2D eigenvalue weighted by Gasteiger charge is 2.27. The minimum Gasteiger partial charge on any atom is -0.342 e. The molecule has 4 rings (SSSR count). The maximum absolute atomic E-state index is 12.0. The first-order valence-corrected chi connectivity index (χ1v) is 10.1. The van der Waals surface area contributed by atoms with Crippen LogP contribution < -0.4 is 10.6 Å². The van der Waals surface area contributed by atoms with Crippen LogP contribution >= 0.6 is 27.3 Å². The first-order chi connectivity index (χ1) is 13.1. The van der Waals surface area contributed by atoms with Gasteiger partial charge in [-0.15, -0.1) is 11.3 Å². The van der Waals surface area contributed by atoms with Crippen LogP contribution in [0.25, 0.3) is 11.4 Å². The fraction of sp³-hybridized carbons (Fsp3) is 0.222. The lowest BCUT2D eigenvalue weighted by Crippen LogP contribution is -2.32. The number of nitrogens with one attached hydrogen (secondary N) is 3. The minimum atomic E-state index is -0.291. The Balaban J connectivity index is 1.31. The topological polar surface area (TPSA) is 99.8 Å². The van der Waals surface area contributed by atoms with Gasteiger partial charge < -0.3 is 10.6 Å².